The van der Waals surface area contributed by atoms with Gasteiger partial charge in [-0.05, 0) is 48.4 Å². The monoisotopic (exact) mass is 291 g/mol. The van der Waals surface area contributed by atoms with Crippen LogP contribution in [-0.4, -0.2) is 26.8 Å². The van der Waals surface area contributed by atoms with E-state index in [2.05, 4.69) is 15.5 Å². The van der Waals surface area contributed by atoms with Crippen LogP contribution < -0.4 is 10.5 Å². The van der Waals surface area contributed by atoms with E-state index in [-0.39, 0.29) is 0 Å². The van der Waals surface area contributed by atoms with Gasteiger partial charge in [-0.25, -0.2) is 4.68 Å². The van der Waals surface area contributed by atoms with Gasteiger partial charge in [0.1, 0.15) is 5.75 Å². The molecule has 1 aromatic carbocycles. The summed E-state index contributed by atoms with van der Waals surface area (Å²) in [4.78, 5) is 0. The Morgan fingerprint density at radius 3 is 3.05 bits per heavy atom. The van der Waals surface area contributed by atoms with Crippen LogP contribution in [0.2, 0.25) is 0 Å². The molecule has 0 unspecified atom stereocenters. The number of thioether (sulfide) groups is 1. The topological polar surface area (TPSA) is 78.8 Å². The van der Waals surface area contributed by atoms with Crippen LogP contribution in [0.25, 0.3) is 0 Å². The maximum atomic E-state index is 5.85. The van der Waals surface area contributed by atoms with Crippen molar-refractivity contribution in [3.05, 3.63) is 23.8 Å². The molecule has 1 aliphatic carbocycles. The molecule has 0 saturated heterocycles. The molecule has 0 amide bonds. The van der Waals surface area contributed by atoms with Crippen LogP contribution in [0.3, 0.4) is 0 Å². The summed E-state index contributed by atoms with van der Waals surface area (Å²) in [7, 11) is 0. The fraction of sp³-hybridized carbons (Fsp3) is 0.462. The zero-order valence-electron chi connectivity index (χ0n) is 11.3. The lowest BCUT2D eigenvalue weighted by Gasteiger charge is -2.10. The van der Waals surface area contributed by atoms with Crippen molar-refractivity contribution in [2.75, 3.05) is 12.3 Å². The molecule has 3 rings (SSSR count). The van der Waals surface area contributed by atoms with Gasteiger partial charge >= 0.3 is 0 Å². The molecule has 1 saturated carbocycles. The normalized spacial score (nSPS) is 14.4. The van der Waals surface area contributed by atoms with Crippen LogP contribution in [0.15, 0.2) is 23.4 Å². The Bertz CT molecular complexity index is 596. The van der Waals surface area contributed by atoms with Gasteiger partial charge < -0.3 is 10.5 Å². The first-order chi connectivity index (χ1) is 9.78. The zero-order valence-corrected chi connectivity index (χ0v) is 12.1. The minimum Gasteiger partial charge on any atom is -0.494 e. The Hall–Kier alpha value is -1.76. The van der Waals surface area contributed by atoms with Gasteiger partial charge in [-0.2, -0.15) is 0 Å². The van der Waals surface area contributed by atoms with Crippen molar-refractivity contribution in [1.82, 2.24) is 20.2 Å². The van der Waals surface area contributed by atoms with Gasteiger partial charge in [0.25, 0.3) is 0 Å². The first kappa shape index (κ1) is 13.2. The molecular formula is C13H17N5OS. The van der Waals surface area contributed by atoms with Crippen molar-refractivity contribution in [3.63, 3.8) is 0 Å². The molecule has 1 aromatic heterocycles. The number of benzene rings is 1. The quantitative estimate of drug-likeness (QED) is 0.650. The van der Waals surface area contributed by atoms with Crippen molar-refractivity contribution < 1.29 is 4.74 Å². The molecule has 7 heteroatoms. The van der Waals surface area contributed by atoms with Crippen LogP contribution in [-0.2, 0) is 5.75 Å². The molecule has 1 aliphatic rings. The summed E-state index contributed by atoms with van der Waals surface area (Å²) in [6.45, 7) is 2.61. The van der Waals surface area contributed by atoms with Gasteiger partial charge in [0.2, 0.25) is 5.16 Å². The number of nitrogens with two attached hydrogens (primary N) is 1. The molecule has 1 heterocycles. The van der Waals surface area contributed by atoms with E-state index >= 15 is 0 Å². The number of tetrazole rings is 1. The summed E-state index contributed by atoms with van der Waals surface area (Å²) in [5.74, 6) is 1.62. The van der Waals surface area contributed by atoms with E-state index in [1.54, 1.807) is 11.8 Å². The van der Waals surface area contributed by atoms with Crippen LogP contribution in [0.5, 0.6) is 5.75 Å². The van der Waals surface area contributed by atoms with Gasteiger partial charge in [-0.3, -0.25) is 0 Å². The molecule has 2 aromatic rings. The summed E-state index contributed by atoms with van der Waals surface area (Å²) in [6.07, 6.45) is 2.34. The van der Waals surface area contributed by atoms with Crippen molar-refractivity contribution in [2.45, 2.75) is 36.7 Å². The van der Waals surface area contributed by atoms with E-state index in [0.717, 1.165) is 27.9 Å². The Labute approximate surface area is 121 Å². The highest BCUT2D eigenvalue weighted by Gasteiger charge is 2.27. The first-order valence-electron chi connectivity index (χ1n) is 6.69. The highest BCUT2D eigenvalue weighted by molar-refractivity contribution is 7.98. The number of hydrogen-bond donors (Lipinski definition) is 1. The van der Waals surface area contributed by atoms with Crippen LogP contribution in [0.4, 0.5) is 5.69 Å². The fourth-order valence-corrected chi connectivity index (χ4v) is 2.90. The van der Waals surface area contributed by atoms with Crippen LogP contribution in [0.1, 0.15) is 31.4 Å². The second-order valence-corrected chi connectivity index (χ2v) is 5.67. The third-order valence-electron chi connectivity index (χ3n) is 3.10. The summed E-state index contributed by atoms with van der Waals surface area (Å²) in [6, 6.07) is 6.20. The van der Waals surface area contributed by atoms with E-state index in [0.29, 0.717) is 12.6 Å². The molecule has 2 N–H and O–H groups in total. The second kappa shape index (κ2) is 5.70. The fourth-order valence-electron chi connectivity index (χ4n) is 1.98. The average Bonchev–Trinajstić information content (AvgIpc) is 3.18. The SMILES string of the molecule is CCOc1ccc(N)cc1CSc1nnnn1C1CC1. The summed E-state index contributed by atoms with van der Waals surface area (Å²) in [5, 5.41) is 12.7. The molecular weight excluding hydrogens is 274 g/mol. The Kier molecular flexibility index (Phi) is 3.77. The van der Waals surface area contributed by atoms with E-state index in [1.165, 1.54) is 12.8 Å². The van der Waals surface area contributed by atoms with Gasteiger partial charge in [0, 0.05) is 17.0 Å². The minimum atomic E-state index is 0.486. The Morgan fingerprint density at radius 2 is 2.30 bits per heavy atom. The lowest BCUT2D eigenvalue weighted by Crippen LogP contribution is -2.00. The number of ether oxygens (including phenoxy) is 1. The molecule has 0 atom stereocenters. The second-order valence-electron chi connectivity index (χ2n) is 4.73. The molecule has 0 spiro atoms. The minimum absolute atomic E-state index is 0.486. The van der Waals surface area contributed by atoms with Crippen LogP contribution >= 0.6 is 11.8 Å². The van der Waals surface area contributed by atoms with Gasteiger partial charge in [-0.15, -0.1) is 5.10 Å². The van der Waals surface area contributed by atoms with Crippen LogP contribution in [0, 0.1) is 0 Å². The first-order valence-corrected chi connectivity index (χ1v) is 7.68. The van der Waals surface area contributed by atoms with E-state index in [9.17, 15) is 0 Å². The molecule has 0 radical (unpaired) electrons. The third kappa shape index (κ3) is 2.87. The molecule has 0 aliphatic heterocycles. The van der Waals surface area contributed by atoms with Gasteiger partial charge in [0.05, 0.1) is 12.6 Å². The predicted molar refractivity (Wildman–Crippen MR) is 77.7 cm³/mol. The van der Waals surface area contributed by atoms with Crippen molar-refractivity contribution in [3.8, 4) is 5.75 Å². The number of aromatic nitrogens is 4. The number of nitrogen functional groups attached to an aromatic ring is 1. The zero-order chi connectivity index (χ0) is 13.9. The van der Waals surface area contributed by atoms with Gasteiger partial charge in [0.15, 0.2) is 0 Å². The number of hydrogen-bond acceptors (Lipinski definition) is 6. The maximum absolute atomic E-state index is 5.85. The molecule has 6 nitrogen and oxygen atoms in total. The lowest BCUT2D eigenvalue weighted by molar-refractivity contribution is 0.337. The Morgan fingerprint density at radius 1 is 1.45 bits per heavy atom. The van der Waals surface area contributed by atoms with Crippen molar-refractivity contribution >= 4 is 17.4 Å². The van der Waals surface area contributed by atoms with E-state index in [4.69, 9.17) is 10.5 Å². The molecule has 1 fully saturated rings. The maximum Gasteiger partial charge on any atom is 0.209 e. The lowest BCUT2D eigenvalue weighted by atomic mass is 10.2. The summed E-state index contributed by atoms with van der Waals surface area (Å²) >= 11 is 1.62. The number of nitrogens with zero attached hydrogens (tertiary/aromatic N) is 4. The van der Waals surface area contributed by atoms with Crippen molar-refractivity contribution in [1.29, 1.82) is 0 Å². The largest absolute Gasteiger partial charge is 0.494 e. The molecule has 0 bridgehead atoms. The smallest absolute Gasteiger partial charge is 0.209 e. The summed E-state index contributed by atoms with van der Waals surface area (Å²) in [5.41, 5.74) is 7.66. The van der Waals surface area contributed by atoms with E-state index < -0.39 is 0 Å². The number of anilines is 1. The average molecular weight is 291 g/mol. The number of rotatable bonds is 6. The highest BCUT2D eigenvalue weighted by atomic mass is 32.2. The highest BCUT2D eigenvalue weighted by Crippen LogP contribution is 2.37. The van der Waals surface area contributed by atoms with E-state index in [1.807, 2.05) is 29.8 Å². The third-order valence-corrected chi connectivity index (χ3v) is 4.08. The summed E-state index contributed by atoms with van der Waals surface area (Å²) < 4.78 is 7.54. The predicted octanol–water partition coefficient (Wildman–Crippen LogP) is 2.28. The van der Waals surface area contributed by atoms with Gasteiger partial charge in [-0.1, -0.05) is 11.8 Å². The molecule has 106 valence electrons. The van der Waals surface area contributed by atoms with Crippen molar-refractivity contribution in [2.24, 2.45) is 0 Å². The standard InChI is InChI=1S/C13H17N5OS/c1-2-19-12-6-3-10(14)7-9(12)8-20-13-15-16-17-18(13)11-4-5-11/h3,6-7,11H,2,4-5,8,14H2,1H3. The Balaban J connectivity index is 1.73. The molecule has 20 heavy (non-hydrogen) atoms.